The lowest BCUT2D eigenvalue weighted by Gasteiger charge is -2.23. The summed E-state index contributed by atoms with van der Waals surface area (Å²) in [7, 11) is 1.35. The zero-order chi connectivity index (χ0) is 33.9. The summed E-state index contributed by atoms with van der Waals surface area (Å²) in [6.45, 7) is 6.25. The van der Waals surface area contributed by atoms with E-state index in [1.54, 1.807) is 24.3 Å². The Hall–Kier alpha value is -4.35. The normalized spacial score (nSPS) is 12.3. The van der Waals surface area contributed by atoms with Crippen molar-refractivity contribution < 1.29 is 38.5 Å². The van der Waals surface area contributed by atoms with Gasteiger partial charge >= 0.3 is 11.9 Å². The maximum absolute atomic E-state index is 12.9. The third-order valence-electron chi connectivity index (χ3n) is 6.49. The van der Waals surface area contributed by atoms with Gasteiger partial charge in [-0.1, -0.05) is 53.7 Å². The number of nitrogens with one attached hydrogen (secondary N) is 2. The molecule has 0 aliphatic carbocycles. The van der Waals surface area contributed by atoms with Gasteiger partial charge in [-0.2, -0.15) is 0 Å². The van der Waals surface area contributed by atoms with Gasteiger partial charge in [0.2, 0.25) is 5.91 Å². The van der Waals surface area contributed by atoms with E-state index in [0.717, 1.165) is 10.5 Å². The topological polar surface area (TPSA) is 140 Å². The molecule has 3 aromatic carbocycles. The predicted molar refractivity (Wildman–Crippen MR) is 178 cm³/mol. The molecule has 0 radical (unpaired) electrons. The fraction of sp³-hybridized carbons (Fsp3) is 0.371. The van der Waals surface area contributed by atoms with E-state index < -0.39 is 17.5 Å². The molecule has 11 heteroatoms. The number of carbonyl (C=O) groups is 4. The minimum Gasteiger partial charge on any atom is -0.469 e. The summed E-state index contributed by atoms with van der Waals surface area (Å²) in [5, 5.41) is 16.3. The third kappa shape index (κ3) is 16.1. The smallest absolute Gasteiger partial charge is 0.302 e. The molecule has 0 fully saturated rings. The summed E-state index contributed by atoms with van der Waals surface area (Å²) in [5.74, 6) is -0.00863. The minimum absolute atomic E-state index is 0.112. The van der Waals surface area contributed by atoms with Gasteiger partial charge < -0.3 is 30.0 Å². The van der Waals surface area contributed by atoms with Crippen LogP contribution in [-0.2, 0) is 23.9 Å². The van der Waals surface area contributed by atoms with Crippen molar-refractivity contribution in [1.29, 1.82) is 0 Å². The first-order chi connectivity index (χ1) is 21.9. The van der Waals surface area contributed by atoms with Crippen molar-refractivity contribution in [3.63, 3.8) is 0 Å². The molecule has 0 spiro atoms. The van der Waals surface area contributed by atoms with Gasteiger partial charge in [0.1, 0.15) is 23.0 Å². The van der Waals surface area contributed by atoms with Crippen molar-refractivity contribution >= 4 is 35.5 Å². The second kappa shape index (κ2) is 20.6. The number of carbonyl (C=O) groups excluding carboxylic acids is 4. The summed E-state index contributed by atoms with van der Waals surface area (Å²) >= 11 is 1.37. The van der Waals surface area contributed by atoms with Crippen LogP contribution in [0.1, 0.15) is 62.4 Å². The standard InChI is InChI=1S/C32H38N2O6S.C3H6O2/c1-22-12-17-30(18-13-22)41-31(37)19-15-26(34-23(2)35)14-16-29(39-24(3)36)21-33-32(38)25-8-7-11-28(20-25)40-27-9-5-4-6-10-27;1-3(4)5-2/h4-13,17-18,20,26,29,31,37H,14-16,19,21H2,1-3H3,(H,33,38)(H,34,35);1-2H3. The van der Waals surface area contributed by atoms with Crippen LogP contribution in [0.15, 0.2) is 83.8 Å². The second-order valence-electron chi connectivity index (χ2n) is 10.5. The Morgan fingerprint density at radius 1 is 0.804 bits per heavy atom. The lowest BCUT2D eigenvalue weighted by Crippen LogP contribution is -2.38. The van der Waals surface area contributed by atoms with Gasteiger partial charge in [0.25, 0.3) is 5.91 Å². The number of hydrogen-bond acceptors (Lipinski definition) is 9. The van der Waals surface area contributed by atoms with Crippen LogP contribution in [-0.4, -0.2) is 60.1 Å². The number of benzene rings is 3. The number of aryl methyl sites for hydroxylation is 1. The molecular formula is C35H44N2O8S. The highest BCUT2D eigenvalue weighted by molar-refractivity contribution is 7.99. The van der Waals surface area contributed by atoms with Crippen LogP contribution >= 0.6 is 11.8 Å². The molecule has 2 amide bonds. The number of thioether (sulfide) groups is 1. The van der Waals surface area contributed by atoms with E-state index in [-0.39, 0.29) is 30.4 Å². The number of ether oxygens (including phenoxy) is 3. The highest BCUT2D eigenvalue weighted by Gasteiger charge is 2.20. The van der Waals surface area contributed by atoms with Crippen LogP contribution in [0.25, 0.3) is 0 Å². The van der Waals surface area contributed by atoms with Crippen molar-refractivity contribution in [2.45, 2.75) is 75.9 Å². The maximum atomic E-state index is 12.9. The van der Waals surface area contributed by atoms with Crippen LogP contribution in [0, 0.1) is 6.92 Å². The number of para-hydroxylation sites is 1. The van der Waals surface area contributed by atoms with Gasteiger partial charge in [0.15, 0.2) is 0 Å². The molecule has 3 unspecified atom stereocenters. The Kier molecular flexibility index (Phi) is 17.0. The zero-order valence-corrected chi connectivity index (χ0v) is 27.8. The molecule has 0 aliphatic heterocycles. The summed E-state index contributed by atoms with van der Waals surface area (Å²) in [4.78, 5) is 47.0. The Bertz CT molecular complexity index is 1380. The van der Waals surface area contributed by atoms with E-state index in [1.807, 2.05) is 61.5 Å². The Labute approximate surface area is 275 Å². The van der Waals surface area contributed by atoms with E-state index in [4.69, 9.17) is 9.47 Å². The maximum Gasteiger partial charge on any atom is 0.302 e. The molecule has 0 aliphatic rings. The van der Waals surface area contributed by atoms with E-state index in [1.165, 1.54) is 39.6 Å². The van der Waals surface area contributed by atoms with Crippen LogP contribution in [0.4, 0.5) is 0 Å². The Morgan fingerprint density at radius 3 is 2.04 bits per heavy atom. The summed E-state index contributed by atoms with van der Waals surface area (Å²) in [6, 6.07) is 23.8. The summed E-state index contributed by atoms with van der Waals surface area (Å²) in [6.07, 6.45) is 1.37. The zero-order valence-electron chi connectivity index (χ0n) is 27.0. The summed E-state index contributed by atoms with van der Waals surface area (Å²) < 4.78 is 15.4. The SMILES string of the molecule is CC(=O)NC(CCC(CNC(=O)c1cccc(Oc2ccccc2)c1)OC(C)=O)CCC(O)Sc1ccc(C)cc1.COC(C)=O. The number of esters is 2. The van der Waals surface area contributed by atoms with Gasteiger partial charge in [0, 0.05) is 37.3 Å². The lowest BCUT2D eigenvalue weighted by atomic mass is 10.0. The molecule has 3 aromatic rings. The molecule has 3 rings (SSSR count). The molecule has 3 N–H and O–H groups in total. The molecule has 3 atom stereocenters. The predicted octanol–water partition coefficient (Wildman–Crippen LogP) is 5.80. The summed E-state index contributed by atoms with van der Waals surface area (Å²) in [5.41, 5.74) is 0.939. The van der Waals surface area contributed by atoms with Gasteiger partial charge in [-0.05, 0) is 75.1 Å². The molecule has 10 nitrogen and oxygen atoms in total. The average Bonchev–Trinajstić information content (AvgIpc) is 3.02. The van der Waals surface area contributed by atoms with E-state index >= 15 is 0 Å². The van der Waals surface area contributed by atoms with Gasteiger partial charge in [-0.15, -0.1) is 0 Å². The fourth-order valence-corrected chi connectivity index (χ4v) is 5.07. The molecule has 0 aromatic heterocycles. The van der Waals surface area contributed by atoms with Crippen molar-refractivity contribution in [3.05, 3.63) is 90.0 Å². The Morgan fingerprint density at radius 2 is 1.43 bits per heavy atom. The van der Waals surface area contributed by atoms with Crippen LogP contribution in [0.5, 0.6) is 11.5 Å². The highest BCUT2D eigenvalue weighted by Crippen LogP contribution is 2.26. The third-order valence-corrected chi connectivity index (χ3v) is 7.54. The van der Waals surface area contributed by atoms with Crippen LogP contribution < -0.4 is 15.4 Å². The Balaban J connectivity index is 0.00000136. The monoisotopic (exact) mass is 652 g/mol. The van der Waals surface area contributed by atoms with Gasteiger partial charge in [-0.3, -0.25) is 19.2 Å². The van der Waals surface area contributed by atoms with Crippen molar-refractivity contribution in [3.8, 4) is 11.5 Å². The lowest BCUT2D eigenvalue weighted by molar-refractivity contribution is -0.146. The number of rotatable bonds is 15. The van der Waals surface area contributed by atoms with E-state index in [2.05, 4.69) is 15.4 Å². The number of aliphatic hydroxyl groups excluding tert-OH is 1. The first-order valence-electron chi connectivity index (χ1n) is 15.0. The number of methoxy groups -OCH3 is 1. The molecule has 0 saturated heterocycles. The molecule has 0 bridgehead atoms. The van der Waals surface area contributed by atoms with Crippen LogP contribution in [0.2, 0.25) is 0 Å². The fourth-order valence-electron chi connectivity index (χ4n) is 4.21. The number of hydrogen-bond donors (Lipinski definition) is 3. The molecule has 248 valence electrons. The largest absolute Gasteiger partial charge is 0.469 e. The number of amides is 2. The van der Waals surface area contributed by atoms with E-state index in [0.29, 0.717) is 42.7 Å². The van der Waals surface area contributed by atoms with Crippen molar-refractivity contribution in [2.24, 2.45) is 0 Å². The molecule has 0 saturated carbocycles. The first kappa shape index (κ1) is 37.8. The molecule has 0 heterocycles. The van der Waals surface area contributed by atoms with Crippen molar-refractivity contribution in [1.82, 2.24) is 10.6 Å². The van der Waals surface area contributed by atoms with Crippen molar-refractivity contribution in [2.75, 3.05) is 13.7 Å². The second-order valence-corrected chi connectivity index (χ2v) is 11.8. The van der Waals surface area contributed by atoms with Crippen LogP contribution in [0.3, 0.4) is 0 Å². The highest BCUT2D eigenvalue weighted by atomic mass is 32.2. The quantitative estimate of drug-likeness (QED) is 0.106. The van der Waals surface area contributed by atoms with E-state index in [9.17, 15) is 24.3 Å². The minimum atomic E-state index is -0.626. The first-order valence-corrected chi connectivity index (χ1v) is 15.8. The molecule has 46 heavy (non-hydrogen) atoms. The molecular weight excluding hydrogens is 608 g/mol. The number of aliphatic hydroxyl groups is 1. The average molecular weight is 653 g/mol. The van der Waals surface area contributed by atoms with Gasteiger partial charge in [0.05, 0.1) is 13.7 Å². The van der Waals surface area contributed by atoms with Gasteiger partial charge in [-0.25, -0.2) is 0 Å².